The van der Waals surface area contributed by atoms with Gasteiger partial charge in [0.2, 0.25) is 0 Å². The van der Waals surface area contributed by atoms with Crippen LogP contribution in [0.25, 0.3) is 10.9 Å². The van der Waals surface area contributed by atoms with Crippen molar-refractivity contribution in [3.63, 3.8) is 0 Å². The van der Waals surface area contributed by atoms with E-state index in [4.69, 9.17) is 4.74 Å². The molecule has 3 rings (SSSR count). The molecular weight excluding hydrogens is 304 g/mol. The zero-order valence-electron chi connectivity index (χ0n) is 13.5. The van der Waals surface area contributed by atoms with E-state index in [1.54, 1.807) is 31.6 Å². The number of pyridine rings is 2. The standard InChI is InChI=1S/C18H18N4O2/c1-12-5-6-13(20-10-12)11-21-18(23)22-15-7-8-16(24-2)17-14(15)4-3-9-19-17/h3-10H,11H2,1-2H3,(H2,21,22,23). The Morgan fingerprint density at radius 2 is 2.04 bits per heavy atom. The van der Waals surface area contributed by atoms with Crippen molar-refractivity contribution in [3.8, 4) is 5.75 Å². The van der Waals surface area contributed by atoms with Crippen LogP contribution in [0, 0.1) is 6.92 Å². The first-order valence-electron chi connectivity index (χ1n) is 7.55. The van der Waals surface area contributed by atoms with Gasteiger partial charge in [0.15, 0.2) is 0 Å². The number of fused-ring (bicyclic) bond motifs is 1. The molecule has 0 saturated carbocycles. The van der Waals surface area contributed by atoms with Crippen LogP contribution in [-0.4, -0.2) is 23.1 Å². The largest absolute Gasteiger partial charge is 0.494 e. The summed E-state index contributed by atoms with van der Waals surface area (Å²) in [6.07, 6.45) is 3.47. The molecule has 0 atom stereocenters. The molecule has 0 unspecified atom stereocenters. The SMILES string of the molecule is COc1ccc(NC(=O)NCc2ccc(C)cn2)c2cccnc12. The second kappa shape index (κ2) is 6.95. The van der Waals surface area contributed by atoms with Crippen LogP contribution in [0.5, 0.6) is 5.75 Å². The van der Waals surface area contributed by atoms with E-state index in [1.807, 2.05) is 31.2 Å². The van der Waals surface area contributed by atoms with Gasteiger partial charge in [0.05, 0.1) is 25.0 Å². The first-order valence-corrected chi connectivity index (χ1v) is 7.55. The van der Waals surface area contributed by atoms with Crippen molar-refractivity contribution in [2.45, 2.75) is 13.5 Å². The van der Waals surface area contributed by atoms with E-state index in [-0.39, 0.29) is 6.03 Å². The Morgan fingerprint density at radius 3 is 2.79 bits per heavy atom. The fourth-order valence-electron chi connectivity index (χ4n) is 2.36. The number of rotatable bonds is 4. The van der Waals surface area contributed by atoms with Crippen LogP contribution in [0.4, 0.5) is 10.5 Å². The lowest BCUT2D eigenvalue weighted by molar-refractivity contribution is 0.251. The molecule has 0 aliphatic rings. The Morgan fingerprint density at radius 1 is 1.17 bits per heavy atom. The van der Waals surface area contributed by atoms with Gasteiger partial charge in [-0.2, -0.15) is 0 Å². The summed E-state index contributed by atoms with van der Waals surface area (Å²) in [4.78, 5) is 20.7. The average molecular weight is 322 g/mol. The molecular formula is C18H18N4O2. The van der Waals surface area contributed by atoms with Crippen molar-refractivity contribution in [1.29, 1.82) is 0 Å². The highest BCUT2D eigenvalue weighted by Gasteiger charge is 2.10. The monoisotopic (exact) mass is 322 g/mol. The molecule has 3 aromatic rings. The normalized spacial score (nSPS) is 10.4. The molecule has 24 heavy (non-hydrogen) atoms. The van der Waals surface area contributed by atoms with Crippen LogP contribution in [0.3, 0.4) is 0 Å². The third kappa shape index (κ3) is 3.43. The van der Waals surface area contributed by atoms with Gasteiger partial charge >= 0.3 is 6.03 Å². The number of methoxy groups -OCH3 is 1. The summed E-state index contributed by atoms with van der Waals surface area (Å²) in [5.74, 6) is 0.667. The Balaban J connectivity index is 1.72. The lowest BCUT2D eigenvalue weighted by Crippen LogP contribution is -2.28. The number of hydrogen-bond acceptors (Lipinski definition) is 4. The van der Waals surface area contributed by atoms with E-state index in [0.717, 1.165) is 16.6 Å². The number of benzene rings is 1. The van der Waals surface area contributed by atoms with Gasteiger partial charge in [0.25, 0.3) is 0 Å². The predicted octanol–water partition coefficient (Wildman–Crippen LogP) is 3.27. The molecule has 6 nitrogen and oxygen atoms in total. The first kappa shape index (κ1) is 15.7. The van der Waals surface area contributed by atoms with Crippen LogP contribution in [0.1, 0.15) is 11.3 Å². The minimum Gasteiger partial charge on any atom is -0.494 e. The number of carbonyl (C=O) groups excluding carboxylic acids is 1. The molecule has 6 heteroatoms. The average Bonchev–Trinajstić information content (AvgIpc) is 2.61. The van der Waals surface area contributed by atoms with Gasteiger partial charge in [-0.25, -0.2) is 4.79 Å². The van der Waals surface area contributed by atoms with Gasteiger partial charge in [-0.1, -0.05) is 6.07 Å². The maximum absolute atomic E-state index is 12.1. The molecule has 0 fully saturated rings. The van der Waals surface area contributed by atoms with Crippen LogP contribution in [0.2, 0.25) is 0 Å². The maximum atomic E-state index is 12.1. The van der Waals surface area contributed by atoms with Crippen molar-refractivity contribution < 1.29 is 9.53 Å². The summed E-state index contributed by atoms with van der Waals surface area (Å²) in [5, 5.41) is 6.46. The molecule has 2 heterocycles. The second-order valence-electron chi connectivity index (χ2n) is 5.35. The number of carbonyl (C=O) groups is 1. The molecule has 2 amide bonds. The smallest absolute Gasteiger partial charge is 0.319 e. The van der Waals surface area contributed by atoms with Crippen molar-refractivity contribution >= 4 is 22.6 Å². The summed E-state index contributed by atoms with van der Waals surface area (Å²) >= 11 is 0. The summed E-state index contributed by atoms with van der Waals surface area (Å²) < 4.78 is 5.30. The molecule has 0 aliphatic heterocycles. The van der Waals surface area contributed by atoms with Crippen molar-refractivity contribution in [1.82, 2.24) is 15.3 Å². The third-order valence-electron chi connectivity index (χ3n) is 3.60. The highest BCUT2D eigenvalue weighted by atomic mass is 16.5. The number of aryl methyl sites for hydroxylation is 1. The van der Waals surface area contributed by atoms with Crippen LogP contribution < -0.4 is 15.4 Å². The summed E-state index contributed by atoms with van der Waals surface area (Å²) in [6.45, 7) is 2.33. The lowest BCUT2D eigenvalue weighted by Gasteiger charge is -2.11. The molecule has 2 N–H and O–H groups in total. The molecule has 0 saturated heterocycles. The number of nitrogens with one attached hydrogen (secondary N) is 2. The maximum Gasteiger partial charge on any atom is 0.319 e. The molecule has 2 aromatic heterocycles. The highest BCUT2D eigenvalue weighted by Crippen LogP contribution is 2.29. The van der Waals surface area contributed by atoms with Crippen LogP contribution >= 0.6 is 0 Å². The van der Waals surface area contributed by atoms with Crippen molar-refractivity contribution in [3.05, 3.63) is 60.0 Å². The summed E-state index contributed by atoms with van der Waals surface area (Å²) in [7, 11) is 1.60. The Hall–Kier alpha value is -3.15. The molecule has 0 bridgehead atoms. The van der Waals surface area contributed by atoms with Crippen molar-refractivity contribution in [2.75, 3.05) is 12.4 Å². The summed E-state index contributed by atoms with van der Waals surface area (Å²) in [5.41, 5.74) is 3.27. The lowest BCUT2D eigenvalue weighted by atomic mass is 10.1. The van der Waals surface area contributed by atoms with Gasteiger partial charge in [-0.15, -0.1) is 0 Å². The highest BCUT2D eigenvalue weighted by molar-refractivity contribution is 6.02. The van der Waals surface area contributed by atoms with Crippen molar-refractivity contribution in [2.24, 2.45) is 0 Å². The van der Waals surface area contributed by atoms with E-state index >= 15 is 0 Å². The molecule has 0 spiro atoms. The first-order chi connectivity index (χ1) is 11.7. The fourth-order valence-corrected chi connectivity index (χ4v) is 2.36. The number of urea groups is 1. The van der Waals surface area contributed by atoms with E-state index in [1.165, 1.54) is 0 Å². The second-order valence-corrected chi connectivity index (χ2v) is 5.35. The van der Waals surface area contributed by atoms with E-state index < -0.39 is 0 Å². The number of aromatic nitrogens is 2. The minimum absolute atomic E-state index is 0.298. The minimum atomic E-state index is -0.298. The molecule has 0 aliphatic carbocycles. The Bertz CT molecular complexity index is 863. The fraction of sp³-hybridized carbons (Fsp3) is 0.167. The molecule has 0 radical (unpaired) electrons. The summed E-state index contributed by atoms with van der Waals surface area (Å²) in [6, 6.07) is 10.8. The van der Waals surface area contributed by atoms with Crippen LogP contribution in [0.15, 0.2) is 48.8 Å². The zero-order chi connectivity index (χ0) is 16.9. The number of ether oxygens (including phenoxy) is 1. The van der Waals surface area contributed by atoms with Crippen LogP contribution in [-0.2, 0) is 6.54 Å². The van der Waals surface area contributed by atoms with Gasteiger partial charge in [0.1, 0.15) is 11.3 Å². The third-order valence-corrected chi connectivity index (χ3v) is 3.60. The Labute approximate surface area is 139 Å². The number of nitrogens with zero attached hydrogens (tertiary/aromatic N) is 2. The zero-order valence-corrected chi connectivity index (χ0v) is 13.5. The number of amides is 2. The number of anilines is 1. The van der Waals surface area contributed by atoms with E-state index in [0.29, 0.717) is 23.5 Å². The van der Waals surface area contributed by atoms with E-state index in [2.05, 4.69) is 20.6 Å². The quantitative estimate of drug-likeness (QED) is 0.773. The molecule has 1 aromatic carbocycles. The van der Waals surface area contributed by atoms with Gasteiger partial charge in [0, 0.05) is 17.8 Å². The topological polar surface area (TPSA) is 76.1 Å². The predicted molar refractivity (Wildman–Crippen MR) is 93.1 cm³/mol. The molecule has 122 valence electrons. The van der Waals surface area contributed by atoms with E-state index in [9.17, 15) is 4.79 Å². The van der Waals surface area contributed by atoms with Gasteiger partial charge < -0.3 is 15.4 Å². The van der Waals surface area contributed by atoms with Gasteiger partial charge in [-0.3, -0.25) is 9.97 Å². The number of hydrogen-bond donors (Lipinski definition) is 2. The van der Waals surface area contributed by atoms with Gasteiger partial charge in [-0.05, 0) is 42.8 Å². The Kier molecular flexibility index (Phi) is 4.56.